The van der Waals surface area contributed by atoms with Gasteiger partial charge in [0.25, 0.3) is 11.8 Å². The van der Waals surface area contributed by atoms with E-state index in [9.17, 15) is 19.2 Å². The van der Waals surface area contributed by atoms with Crippen LogP contribution in [-0.2, 0) is 11.3 Å². The Bertz CT molecular complexity index is 1350. The van der Waals surface area contributed by atoms with E-state index in [2.05, 4.69) is 26.3 Å². The number of nitrogens with zero attached hydrogens (tertiary/aromatic N) is 2. The first-order chi connectivity index (χ1) is 17.4. The first kappa shape index (κ1) is 25.5. The van der Waals surface area contributed by atoms with Crippen molar-refractivity contribution in [2.75, 3.05) is 11.9 Å². The van der Waals surface area contributed by atoms with Crippen molar-refractivity contribution in [3.63, 3.8) is 0 Å². The third kappa shape index (κ3) is 7.45. The van der Waals surface area contributed by atoms with Crippen LogP contribution in [0.5, 0.6) is 0 Å². The lowest BCUT2D eigenvalue weighted by atomic mass is 10.2. The van der Waals surface area contributed by atoms with Gasteiger partial charge in [-0.15, -0.1) is 5.10 Å². The number of benzene rings is 2. The fourth-order valence-electron chi connectivity index (χ4n) is 3.03. The monoisotopic (exact) mass is 489 g/mol. The molecule has 0 atom stereocenters. The van der Waals surface area contributed by atoms with Crippen molar-refractivity contribution < 1.29 is 18.8 Å². The Kier molecular flexibility index (Phi) is 8.76. The molecule has 12 nitrogen and oxygen atoms in total. The smallest absolute Gasteiger partial charge is 0.287 e. The second kappa shape index (κ2) is 12.4. The fraction of sp³-hybridized carbons (Fsp3) is 0.125. The third-order valence-electron chi connectivity index (χ3n) is 4.75. The van der Waals surface area contributed by atoms with E-state index in [-0.39, 0.29) is 36.9 Å². The quantitative estimate of drug-likeness (QED) is 0.125. The molecule has 0 aliphatic rings. The van der Waals surface area contributed by atoms with Gasteiger partial charge in [-0.2, -0.15) is 5.53 Å². The standard InChI is InChI=1S/C24H23N7O5/c25-22(30-31-26)16-7-4-8-17(11-16)29-21(33)9-10-27-23(34)19-12-18(32)13-20(36-19)24(35)28-14-15-5-2-1-3-6-15/h1-8,11-13H,9-10,14H2,(H,27,34)(H,28,35)(H,29,33)(H3,25,26,30). The minimum absolute atomic E-state index is 0.0193. The maximum absolute atomic E-state index is 12.4. The summed E-state index contributed by atoms with van der Waals surface area (Å²) in [5, 5.41) is 14.0. The van der Waals surface area contributed by atoms with Crippen LogP contribution in [0.25, 0.3) is 0 Å². The first-order valence-corrected chi connectivity index (χ1v) is 10.7. The Morgan fingerprint density at radius 3 is 2.31 bits per heavy atom. The Balaban J connectivity index is 1.53. The second-order valence-electron chi connectivity index (χ2n) is 7.41. The van der Waals surface area contributed by atoms with Gasteiger partial charge in [0.15, 0.2) is 22.8 Å². The van der Waals surface area contributed by atoms with E-state index in [1.54, 1.807) is 24.3 Å². The molecule has 184 valence electrons. The SMILES string of the molecule is N=NN=C(N)c1cccc(NC(=O)CCNC(=O)c2cc(=O)cc(C(=O)NCc3ccccc3)o2)c1. The summed E-state index contributed by atoms with van der Waals surface area (Å²) in [4.78, 5) is 49.0. The molecule has 0 saturated heterocycles. The van der Waals surface area contributed by atoms with Crippen LogP contribution in [0, 0.1) is 5.53 Å². The molecule has 0 saturated carbocycles. The molecule has 1 aromatic heterocycles. The molecule has 36 heavy (non-hydrogen) atoms. The number of carbonyl (C=O) groups is 3. The molecular formula is C24H23N7O5. The van der Waals surface area contributed by atoms with Gasteiger partial charge in [0.1, 0.15) is 0 Å². The predicted octanol–water partition coefficient (Wildman–Crippen LogP) is 1.98. The van der Waals surface area contributed by atoms with Gasteiger partial charge in [0.2, 0.25) is 5.91 Å². The van der Waals surface area contributed by atoms with Crippen molar-refractivity contribution in [3.8, 4) is 0 Å². The van der Waals surface area contributed by atoms with E-state index in [0.29, 0.717) is 11.3 Å². The highest BCUT2D eigenvalue weighted by Crippen LogP contribution is 2.11. The summed E-state index contributed by atoms with van der Waals surface area (Å²) in [6, 6.07) is 17.6. The van der Waals surface area contributed by atoms with Crippen molar-refractivity contribution in [1.82, 2.24) is 10.6 Å². The van der Waals surface area contributed by atoms with Crippen LogP contribution in [-0.4, -0.2) is 30.1 Å². The molecule has 0 bridgehead atoms. The van der Waals surface area contributed by atoms with Crippen LogP contribution in [0.2, 0.25) is 0 Å². The molecule has 1 heterocycles. The molecule has 0 unspecified atom stereocenters. The van der Waals surface area contributed by atoms with Gasteiger partial charge in [-0.25, -0.2) is 0 Å². The van der Waals surface area contributed by atoms with Crippen LogP contribution in [0.1, 0.15) is 38.7 Å². The molecule has 0 aliphatic carbocycles. The topological polar surface area (TPSA) is 192 Å². The van der Waals surface area contributed by atoms with Crippen LogP contribution in [0.3, 0.4) is 0 Å². The lowest BCUT2D eigenvalue weighted by Gasteiger charge is -2.09. The van der Waals surface area contributed by atoms with Crippen LogP contribution in [0.15, 0.2) is 86.3 Å². The van der Waals surface area contributed by atoms with Crippen molar-refractivity contribution in [1.29, 1.82) is 5.53 Å². The zero-order valence-electron chi connectivity index (χ0n) is 19.0. The lowest BCUT2D eigenvalue weighted by molar-refractivity contribution is -0.116. The molecule has 2 aromatic carbocycles. The molecule has 12 heteroatoms. The van der Waals surface area contributed by atoms with Gasteiger partial charge < -0.3 is 26.1 Å². The van der Waals surface area contributed by atoms with Crippen LogP contribution in [0.4, 0.5) is 5.69 Å². The second-order valence-corrected chi connectivity index (χ2v) is 7.41. The summed E-state index contributed by atoms with van der Waals surface area (Å²) in [6.07, 6.45) is -0.0803. The first-order valence-electron chi connectivity index (χ1n) is 10.7. The zero-order chi connectivity index (χ0) is 25.9. The highest BCUT2D eigenvalue weighted by atomic mass is 16.4. The van der Waals surface area contributed by atoms with Crippen molar-refractivity contribution >= 4 is 29.2 Å². The number of nitrogens with one attached hydrogen (secondary N) is 4. The van der Waals surface area contributed by atoms with E-state index in [1.807, 2.05) is 30.3 Å². The number of nitrogens with two attached hydrogens (primary N) is 1. The average molecular weight is 489 g/mol. The van der Waals surface area contributed by atoms with E-state index < -0.39 is 23.2 Å². The molecule has 3 amide bonds. The highest BCUT2D eigenvalue weighted by molar-refractivity contribution is 5.99. The van der Waals surface area contributed by atoms with Crippen molar-refractivity contribution in [2.24, 2.45) is 16.1 Å². The predicted molar refractivity (Wildman–Crippen MR) is 130 cm³/mol. The summed E-state index contributed by atoms with van der Waals surface area (Å²) in [7, 11) is 0. The number of anilines is 1. The van der Waals surface area contributed by atoms with Gasteiger partial charge in [-0.3, -0.25) is 19.2 Å². The Morgan fingerprint density at radius 2 is 1.61 bits per heavy atom. The van der Waals surface area contributed by atoms with E-state index in [0.717, 1.165) is 17.7 Å². The van der Waals surface area contributed by atoms with Gasteiger partial charge >= 0.3 is 0 Å². The number of amides is 3. The molecular weight excluding hydrogens is 466 g/mol. The summed E-state index contributed by atoms with van der Waals surface area (Å²) in [5.74, 6) is -2.43. The number of amidine groups is 1. The molecule has 0 spiro atoms. The van der Waals surface area contributed by atoms with E-state index in [4.69, 9.17) is 15.7 Å². The largest absolute Gasteiger partial charge is 0.445 e. The number of hydrogen-bond donors (Lipinski definition) is 5. The van der Waals surface area contributed by atoms with Gasteiger partial charge in [0, 0.05) is 42.9 Å². The number of rotatable bonds is 10. The Labute approximate surface area is 205 Å². The minimum atomic E-state index is -0.747. The zero-order valence-corrected chi connectivity index (χ0v) is 19.0. The van der Waals surface area contributed by atoms with Gasteiger partial charge in [-0.1, -0.05) is 47.7 Å². The van der Waals surface area contributed by atoms with Gasteiger partial charge in [-0.05, 0) is 17.7 Å². The molecule has 3 aromatic rings. The normalized spacial score (nSPS) is 10.8. The molecule has 6 N–H and O–H groups in total. The van der Waals surface area contributed by atoms with E-state index >= 15 is 0 Å². The summed E-state index contributed by atoms with van der Waals surface area (Å²) < 4.78 is 5.31. The Hall–Kier alpha value is -5.13. The van der Waals surface area contributed by atoms with Crippen LogP contribution < -0.4 is 27.1 Å². The fourth-order valence-corrected chi connectivity index (χ4v) is 3.03. The molecule has 0 fully saturated rings. The Morgan fingerprint density at radius 1 is 0.917 bits per heavy atom. The average Bonchev–Trinajstić information content (AvgIpc) is 2.87. The molecule has 3 rings (SSSR count). The number of carbonyl (C=O) groups excluding carboxylic acids is 3. The number of hydrogen-bond acceptors (Lipinski definition) is 7. The van der Waals surface area contributed by atoms with E-state index in [1.165, 1.54) is 0 Å². The lowest BCUT2D eigenvalue weighted by Crippen LogP contribution is -2.29. The van der Waals surface area contributed by atoms with Gasteiger partial charge in [0.05, 0.1) is 0 Å². The summed E-state index contributed by atoms with van der Waals surface area (Å²) in [6.45, 7) is 0.163. The third-order valence-corrected chi connectivity index (χ3v) is 4.75. The maximum atomic E-state index is 12.4. The summed E-state index contributed by atoms with van der Waals surface area (Å²) >= 11 is 0. The molecule has 0 radical (unpaired) electrons. The van der Waals surface area contributed by atoms with Crippen molar-refractivity contribution in [3.05, 3.63) is 99.6 Å². The molecule has 0 aliphatic heterocycles. The minimum Gasteiger partial charge on any atom is -0.445 e. The summed E-state index contributed by atoms with van der Waals surface area (Å²) in [5.41, 5.74) is 13.6. The van der Waals surface area contributed by atoms with Crippen molar-refractivity contribution in [2.45, 2.75) is 13.0 Å². The highest BCUT2D eigenvalue weighted by Gasteiger charge is 2.16. The maximum Gasteiger partial charge on any atom is 0.287 e. The van der Waals surface area contributed by atoms with Crippen LogP contribution >= 0.6 is 0 Å².